The monoisotopic (exact) mass is 468 g/mol. The molecule has 0 amide bonds. The van der Waals surface area contributed by atoms with Gasteiger partial charge in [-0.25, -0.2) is 4.79 Å². The summed E-state index contributed by atoms with van der Waals surface area (Å²) in [4.78, 5) is 12.6. The quantitative estimate of drug-likeness (QED) is 0.359. The molecule has 12 nitrogen and oxygen atoms in total. The molecule has 188 valence electrons. The molecular weight excluding hydrogens is 432 g/mol. The van der Waals surface area contributed by atoms with Crippen molar-refractivity contribution in [2.75, 3.05) is 63.5 Å². The summed E-state index contributed by atoms with van der Waals surface area (Å²) in [7, 11) is 11.8. The SMILES string of the molecule is COC[C@H]1O[C@H](O[C@H]2[C@H](OC)[C@@H](OC)C(OC)O[C@@H]2C(=O)OC)[C@H](OC)[C@@H](OC)[C@@H]1OC. The number of hydrogen-bond acceptors (Lipinski definition) is 12. The number of rotatable bonds is 11. The molecule has 10 atom stereocenters. The molecule has 2 aliphatic heterocycles. The van der Waals surface area contributed by atoms with Crippen LogP contribution in [0.15, 0.2) is 0 Å². The summed E-state index contributed by atoms with van der Waals surface area (Å²) >= 11 is 0. The van der Waals surface area contributed by atoms with Crippen molar-refractivity contribution in [3.63, 3.8) is 0 Å². The molecule has 2 fully saturated rings. The molecule has 0 bridgehead atoms. The maximum Gasteiger partial charge on any atom is 0.337 e. The summed E-state index contributed by atoms with van der Waals surface area (Å²) in [5.41, 5.74) is 0. The lowest BCUT2D eigenvalue weighted by Gasteiger charge is -2.48. The third kappa shape index (κ3) is 5.58. The van der Waals surface area contributed by atoms with Gasteiger partial charge in [0.15, 0.2) is 18.7 Å². The first kappa shape index (κ1) is 27.3. The highest BCUT2D eigenvalue weighted by atomic mass is 16.8. The van der Waals surface area contributed by atoms with Gasteiger partial charge in [-0.1, -0.05) is 0 Å². The van der Waals surface area contributed by atoms with E-state index in [1.807, 2.05) is 0 Å². The molecule has 0 aromatic carbocycles. The zero-order valence-corrected chi connectivity index (χ0v) is 19.9. The molecule has 2 saturated heterocycles. The minimum Gasteiger partial charge on any atom is -0.467 e. The molecule has 2 heterocycles. The van der Waals surface area contributed by atoms with E-state index in [9.17, 15) is 4.79 Å². The zero-order valence-electron chi connectivity index (χ0n) is 19.9. The van der Waals surface area contributed by atoms with E-state index in [0.29, 0.717) is 0 Å². The molecule has 2 rings (SSSR count). The Morgan fingerprint density at radius 2 is 1.16 bits per heavy atom. The van der Waals surface area contributed by atoms with Gasteiger partial charge in [0.1, 0.15) is 42.7 Å². The van der Waals surface area contributed by atoms with E-state index in [4.69, 9.17) is 52.1 Å². The highest BCUT2D eigenvalue weighted by Crippen LogP contribution is 2.34. The van der Waals surface area contributed by atoms with Gasteiger partial charge >= 0.3 is 5.97 Å². The van der Waals surface area contributed by atoms with E-state index in [1.54, 1.807) is 14.2 Å². The molecule has 0 spiro atoms. The van der Waals surface area contributed by atoms with E-state index >= 15 is 0 Å². The Morgan fingerprint density at radius 1 is 0.625 bits per heavy atom. The van der Waals surface area contributed by atoms with Crippen LogP contribution in [0.1, 0.15) is 0 Å². The molecule has 1 unspecified atom stereocenters. The van der Waals surface area contributed by atoms with Crippen LogP contribution in [-0.2, 0) is 56.9 Å². The van der Waals surface area contributed by atoms with Crippen molar-refractivity contribution in [2.24, 2.45) is 0 Å². The summed E-state index contributed by atoms with van der Waals surface area (Å²) in [6.07, 6.45) is -7.73. The summed E-state index contributed by atoms with van der Waals surface area (Å²) in [5.74, 6) is -0.662. The maximum atomic E-state index is 12.6. The molecule has 0 saturated carbocycles. The second kappa shape index (κ2) is 13.1. The molecule has 0 aromatic rings. The predicted molar refractivity (Wildman–Crippen MR) is 107 cm³/mol. The Bertz CT molecular complexity index is 563. The number of methoxy groups -OCH3 is 8. The van der Waals surface area contributed by atoms with E-state index in [-0.39, 0.29) is 6.61 Å². The van der Waals surface area contributed by atoms with Crippen LogP contribution < -0.4 is 0 Å². The van der Waals surface area contributed by atoms with E-state index in [1.165, 1.54) is 42.7 Å². The van der Waals surface area contributed by atoms with Gasteiger partial charge in [0.25, 0.3) is 0 Å². The van der Waals surface area contributed by atoms with Crippen LogP contribution in [0.2, 0.25) is 0 Å². The lowest BCUT2D eigenvalue weighted by Crippen LogP contribution is -2.66. The minimum atomic E-state index is -1.18. The molecule has 12 heteroatoms. The second-order valence-corrected chi connectivity index (χ2v) is 7.28. The van der Waals surface area contributed by atoms with Gasteiger partial charge in [-0.2, -0.15) is 0 Å². The minimum absolute atomic E-state index is 0.219. The van der Waals surface area contributed by atoms with Crippen molar-refractivity contribution in [1.82, 2.24) is 0 Å². The molecule has 0 aliphatic carbocycles. The van der Waals surface area contributed by atoms with Gasteiger partial charge in [0.2, 0.25) is 0 Å². The van der Waals surface area contributed by atoms with Crippen LogP contribution in [0.3, 0.4) is 0 Å². The van der Waals surface area contributed by atoms with Gasteiger partial charge in [-0.15, -0.1) is 0 Å². The van der Waals surface area contributed by atoms with Crippen LogP contribution in [-0.4, -0.2) is 131 Å². The summed E-state index contributed by atoms with van der Waals surface area (Å²) in [6, 6.07) is 0. The first-order chi connectivity index (χ1) is 15.4. The summed E-state index contributed by atoms with van der Waals surface area (Å²) < 4.78 is 61.8. The highest BCUT2D eigenvalue weighted by molar-refractivity contribution is 5.75. The standard InChI is InChI=1S/C20H36O12/c1-22-9-10-11(23-2)12(24-3)17(27-6)20(30-10)31-14-13(25-4)16(26-5)19(29-8)32-15(14)18(21)28-7/h10-17,19-20H,9H2,1-8H3/t10-,11-,12+,13+,14+,15+,16-,17-,19?,20-/m1/s1. The Labute approximate surface area is 188 Å². The van der Waals surface area contributed by atoms with Crippen LogP contribution >= 0.6 is 0 Å². The van der Waals surface area contributed by atoms with Crippen molar-refractivity contribution in [3.8, 4) is 0 Å². The van der Waals surface area contributed by atoms with E-state index in [2.05, 4.69) is 0 Å². The second-order valence-electron chi connectivity index (χ2n) is 7.28. The van der Waals surface area contributed by atoms with Gasteiger partial charge in [0.05, 0.1) is 13.7 Å². The summed E-state index contributed by atoms with van der Waals surface area (Å²) in [6.45, 7) is 0.219. The van der Waals surface area contributed by atoms with E-state index < -0.39 is 67.4 Å². The Balaban J connectivity index is 2.39. The van der Waals surface area contributed by atoms with Gasteiger partial charge < -0.3 is 52.1 Å². The third-order valence-corrected chi connectivity index (χ3v) is 5.73. The molecule has 0 radical (unpaired) electrons. The topological polar surface area (TPSA) is 119 Å². The van der Waals surface area contributed by atoms with Crippen molar-refractivity contribution in [3.05, 3.63) is 0 Å². The molecular formula is C20H36O12. The lowest BCUT2D eigenvalue weighted by molar-refractivity contribution is -0.360. The van der Waals surface area contributed by atoms with Crippen molar-refractivity contribution in [1.29, 1.82) is 0 Å². The fourth-order valence-electron chi connectivity index (χ4n) is 4.21. The number of carbonyl (C=O) groups is 1. The lowest BCUT2D eigenvalue weighted by atomic mass is 9.96. The van der Waals surface area contributed by atoms with Crippen LogP contribution in [0.4, 0.5) is 0 Å². The van der Waals surface area contributed by atoms with Crippen LogP contribution in [0, 0.1) is 0 Å². The largest absolute Gasteiger partial charge is 0.467 e. The third-order valence-electron chi connectivity index (χ3n) is 5.73. The zero-order chi connectivity index (χ0) is 23.8. The van der Waals surface area contributed by atoms with Gasteiger partial charge in [0, 0.05) is 49.8 Å². The highest BCUT2D eigenvalue weighted by Gasteiger charge is 2.55. The fourth-order valence-corrected chi connectivity index (χ4v) is 4.21. The number of esters is 1. The summed E-state index contributed by atoms with van der Waals surface area (Å²) in [5, 5.41) is 0. The number of carbonyl (C=O) groups excluding carboxylic acids is 1. The van der Waals surface area contributed by atoms with Crippen molar-refractivity contribution in [2.45, 2.75) is 61.4 Å². The average molecular weight is 468 g/mol. The fraction of sp³-hybridized carbons (Fsp3) is 0.950. The first-order valence-corrected chi connectivity index (χ1v) is 10.2. The number of ether oxygens (including phenoxy) is 11. The predicted octanol–water partition coefficient (Wildman–Crippen LogP) is -0.638. The Hall–Kier alpha value is -0.930. The van der Waals surface area contributed by atoms with Crippen LogP contribution in [0.5, 0.6) is 0 Å². The Kier molecular flexibility index (Phi) is 11.2. The maximum absolute atomic E-state index is 12.6. The Morgan fingerprint density at radius 3 is 1.62 bits per heavy atom. The average Bonchev–Trinajstić information content (AvgIpc) is 2.82. The smallest absolute Gasteiger partial charge is 0.337 e. The molecule has 2 aliphatic rings. The normalized spacial score (nSPS) is 40.2. The first-order valence-electron chi connectivity index (χ1n) is 10.2. The molecule has 0 aromatic heterocycles. The molecule has 32 heavy (non-hydrogen) atoms. The van der Waals surface area contributed by atoms with Gasteiger partial charge in [-0.3, -0.25) is 0 Å². The number of hydrogen-bond donors (Lipinski definition) is 0. The van der Waals surface area contributed by atoms with Crippen LogP contribution in [0.25, 0.3) is 0 Å². The van der Waals surface area contributed by atoms with E-state index in [0.717, 1.165) is 0 Å². The molecule has 0 N–H and O–H groups in total. The van der Waals surface area contributed by atoms with Gasteiger partial charge in [-0.05, 0) is 0 Å². The van der Waals surface area contributed by atoms with Crippen molar-refractivity contribution >= 4 is 5.97 Å². The van der Waals surface area contributed by atoms with Crippen molar-refractivity contribution < 1.29 is 56.9 Å².